The highest BCUT2D eigenvalue weighted by Crippen LogP contribution is 2.17. The molecule has 0 atom stereocenters. The molecule has 2 aromatic rings. The summed E-state index contributed by atoms with van der Waals surface area (Å²) in [5.41, 5.74) is 2.31. The Kier molecular flexibility index (Phi) is 3.95. The predicted molar refractivity (Wildman–Crippen MR) is 73.0 cm³/mol. The lowest BCUT2D eigenvalue weighted by Crippen LogP contribution is -2.12. The van der Waals surface area contributed by atoms with Crippen LogP contribution in [-0.2, 0) is 6.42 Å². The smallest absolute Gasteiger partial charge is 0.258 e. The van der Waals surface area contributed by atoms with Gasteiger partial charge in [0.2, 0.25) is 0 Å². The van der Waals surface area contributed by atoms with Gasteiger partial charge in [-0.25, -0.2) is 0 Å². The van der Waals surface area contributed by atoms with E-state index in [9.17, 15) is 4.79 Å². The highest BCUT2D eigenvalue weighted by molar-refractivity contribution is 6.34. The number of carbonyl (C=O) groups excluding carboxylic acids is 1. The van der Waals surface area contributed by atoms with E-state index in [0.717, 1.165) is 12.1 Å². The van der Waals surface area contributed by atoms with Gasteiger partial charge in [0.25, 0.3) is 5.91 Å². The van der Waals surface area contributed by atoms with Crippen LogP contribution < -0.4 is 5.32 Å². The Bertz CT molecular complexity index is 569. The number of anilines is 1. The van der Waals surface area contributed by atoms with E-state index in [0.29, 0.717) is 10.6 Å². The molecule has 1 amide bonds. The molecule has 1 heterocycles. The summed E-state index contributed by atoms with van der Waals surface area (Å²) in [5, 5.41) is 3.21. The third kappa shape index (κ3) is 2.87. The molecule has 0 fully saturated rings. The fraction of sp³-hybridized carbons (Fsp3) is 0.143. The summed E-state index contributed by atoms with van der Waals surface area (Å²) in [6, 6.07) is 9.33. The topological polar surface area (TPSA) is 42.0 Å². The van der Waals surface area contributed by atoms with Crippen molar-refractivity contribution in [1.82, 2.24) is 4.98 Å². The molecule has 0 aliphatic rings. The molecule has 0 radical (unpaired) electrons. The first-order valence-electron chi connectivity index (χ1n) is 5.70. The quantitative estimate of drug-likeness (QED) is 0.917. The average molecular weight is 261 g/mol. The van der Waals surface area contributed by atoms with Crippen molar-refractivity contribution >= 4 is 23.2 Å². The molecule has 1 N–H and O–H groups in total. The Labute approximate surface area is 111 Å². The first-order valence-corrected chi connectivity index (χ1v) is 6.08. The van der Waals surface area contributed by atoms with Crippen LogP contribution in [0.5, 0.6) is 0 Å². The zero-order chi connectivity index (χ0) is 13.0. The number of pyridine rings is 1. The van der Waals surface area contributed by atoms with E-state index in [1.54, 1.807) is 12.3 Å². The SMILES string of the molecule is CCc1cccc(NC(=O)c2cnccc2Cl)c1. The second-order valence-electron chi connectivity index (χ2n) is 3.86. The van der Waals surface area contributed by atoms with Gasteiger partial charge in [-0.1, -0.05) is 30.7 Å². The maximum Gasteiger partial charge on any atom is 0.258 e. The minimum atomic E-state index is -0.249. The van der Waals surface area contributed by atoms with Crippen molar-refractivity contribution in [3.05, 3.63) is 58.9 Å². The van der Waals surface area contributed by atoms with E-state index in [1.807, 2.05) is 24.3 Å². The van der Waals surface area contributed by atoms with E-state index >= 15 is 0 Å². The second kappa shape index (κ2) is 5.65. The second-order valence-corrected chi connectivity index (χ2v) is 4.27. The van der Waals surface area contributed by atoms with Gasteiger partial charge in [-0.2, -0.15) is 0 Å². The van der Waals surface area contributed by atoms with E-state index in [4.69, 9.17) is 11.6 Å². The van der Waals surface area contributed by atoms with E-state index in [2.05, 4.69) is 17.2 Å². The molecule has 3 nitrogen and oxygen atoms in total. The van der Waals surface area contributed by atoms with Crippen molar-refractivity contribution < 1.29 is 4.79 Å². The van der Waals surface area contributed by atoms with Crippen LogP contribution >= 0.6 is 11.6 Å². The van der Waals surface area contributed by atoms with Crippen LogP contribution in [0.1, 0.15) is 22.8 Å². The summed E-state index contributed by atoms with van der Waals surface area (Å²) >= 11 is 5.94. The molecule has 0 aliphatic heterocycles. The Morgan fingerprint density at radius 3 is 2.94 bits per heavy atom. The number of aromatic nitrogens is 1. The van der Waals surface area contributed by atoms with Crippen LogP contribution in [0.15, 0.2) is 42.7 Å². The lowest BCUT2D eigenvalue weighted by atomic mass is 10.1. The van der Waals surface area contributed by atoms with Gasteiger partial charge < -0.3 is 5.32 Å². The number of carbonyl (C=O) groups is 1. The first-order chi connectivity index (χ1) is 8.70. The molecule has 1 aromatic carbocycles. The third-order valence-electron chi connectivity index (χ3n) is 2.61. The normalized spacial score (nSPS) is 10.1. The van der Waals surface area contributed by atoms with Crippen LogP contribution in [-0.4, -0.2) is 10.9 Å². The summed E-state index contributed by atoms with van der Waals surface area (Å²) in [4.78, 5) is 15.9. The third-order valence-corrected chi connectivity index (χ3v) is 2.94. The monoisotopic (exact) mass is 260 g/mol. The van der Waals surface area contributed by atoms with Gasteiger partial charge >= 0.3 is 0 Å². The van der Waals surface area contributed by atoms with Crippen molar-refractivity contribution in [2.75, 3.05) is 5.32 Å². The molecule has 18 heavy (non-hydrogen) atoms. The van der Waals surface area contributed by atoms with Crippen LogP contribution in [0.2, 0.25) is 5.02 Å². The van der Waals surface area contributed by atoms with Crippen molar-refractivity contribution in [2.45, 2.75) is 13.3 Å². The number of nitrogens with one attached hydrogen (secondary N) is 1. The van der Waals surface area contributed by atoms with Gasteiger partial charge in [-0.3, -0.25) is 9.78 Å². The minimum absolute atomic E-state index is 0.249. The Morgan fingerprint density at radius 2 is 2.22 bits per heavy atom. The number of aryl methyl sites for hydroxylation is 1. The molecule has 0 unspecified atom stereocenters. The number of nitrogens with zero attached hydrogens (tertiary/aromatic N) is 1. The van der Waals surface area contributed by atoms with Gasteiger partial charge in [-0.05, 0) is 30.2 Å². The zero-order valence-corrected chi connectivity index (χ0v) is 10.7. The van der Waals surface area contributed by atoms with Gasteiger partial charge in [0, 0.05) is 18.1 Å². The standard InChI is InChI=1S/C14H13ClN2O/c1-2-10-4-3-5-11(8-10)17-14(18)12-9-16-7-6-13(12)15/h3-9H,2H2,1H3,(H,17,18). The van der Waals surface area contributed by atoms with Crippen LogP contribution in [0.4, 0.5) is 5.69 Å². The van der Waals surface area contributed by atoms with Crippen LogP contribution in [0, 0.1) is 0 Å². The predicted octanol–water partition coefficient (Wildman–Crippen LogP) is 3.55. The molecule has 0 saturated heterocycles. The maximum atomic E-state index is 12.0. The lowest BCUT2D eigenvalue weighted by molar-refractivity contribution is 0.102. The van der Waals surface area contributed by atoms with E-state index in [-0.39, 0.29) is 5.91 Å². The average Bonchev–Trinajstić information content (AvgIpc) is 2.39. The van der Waals surface area contributed by atoms with Crippen molar-refractivity contribution in [3.8, 4) is 0 Å². The molecule has 2 rings (SSSR count). The summed E-state index contributed by atoms with van der Waals surface area (Å²) in [5.74, 6) is -0.249. The fourth-order valence-corrected chi connectivity index (χ4v) is 1.80. The number of hydrogen-bond donors (Lipinski definition) is 1. The maximum absolute atomic E-state index is 12.0. The molecule has 0 bridgehead atoms. The van der Waals surface area contributed by atoms with Gasteiger partial charge in [0.1, 0.15) is 0 Å². The summed E-state index contributed by atoms with van der Waals surface area (Å²) < 4.78 is 0. The zero-order valence-electron chi connectivity index (χ0n) is 9.98. The molecular formula is C14H13ClN2O. The summed E-state index contributed by atoms with van der Waals surface area (Å²) in [6.45, 7) is 2.07. The molecule has 4 heteroatoms. The van der Waals surface area contributed by atoms with Crippen molar-refractivity contribution in [1.29, 1.82) is 0 Å². The van der Waals surface area contributed by atoms with Gasteiger partial charge in [-0.15, -0.1) is 0 Å². The Hall–Kier alpha value is -1.87. The molecule has 0 spiro atoms. The fourth-order valence-electron chi connectivity index (χ4n) is 1.61. The molecule has 0 saturated carbocycles. The highest BCUT2D eigenvalue weighted by atomic mass is 35.5. The molecular weight excluding hydrogens is 248 g/mol. The first kappa shape index (κ1) is 12.6. The summed E-state index contributed by atoms with van der Waals surface area (Å²) in [6.07, 6.45) is 3.94. The number of hydrogen-bond acceptors (Lipinski definition) is 2. The largest absolute Gasteiger partial charge is 0.322 e. The van der Waals surface area contributed by atoms with Crippen LogP contribution in [0.25, 0.3) is 0 Å². The van der Waals surface area contributed by atoms with E-state index in [1.165, 1.54) is 11.8 Å². The number of amides is 1. The highest BCUT2D eigenvalue weighted by Gasteiger charge is 2.10. The van der Waals surface area contributed by atoms with Crippen molar-refractivity contribution in [3.63, 3.8) is 0 Å². The van der Waals surface area contributed by atoms with Gasteiger partial charge in [0.05, 0.1) is 10.6 Å². The summed E-state index contributed by atoms with van der Waals surface area (Å²) in [7, 11) is 0. The Morgan fingerprint density at radius 1 is 1.39 bits per heavy atom. The molecule has 92 valence electrons. The Balaban J connectivity index is 2.19. The van der Waals surface area contributed by atoms with E-state index < -0.39 is 0 Å². The number of rotatable bonds is 3. The lowest BCUT2D eigenvalue weighted by Gasteiger charge is -2.07. The van der Waals surface area contributed by atoms with Crippen LogP contribution in [0.3, 0.4) is 0 Å². The molecule has 1 aromatic heterocycles. The van der Waals surface area contributed by atoms with Crippen molar-refractivity contribution in [2.24, 2.45) is 0 Å². The van der Waals surface area contributed by atoms with Gasteiger partial charge in [0.15, 0.2) is 0 Å². The number of benzene rings is 1. The minimum Gasteiger partial charge on any atom is -0.322 e. The molecule has 0 aliphatic carbocycles. The number of halogens is 1.